The molecule has 0 saturated heterocycles. The predicted octanol–water partition coefficient (Wildman–Crippen LogP) is 4.09. The van der Waals surface area contributed by atoms with Gasteiger partial charge in [-0.2, -0.15) is 4.31 Å². The molecule has 142 valence electrons. The monoisotopic (exact) mass is 405 g/mol. The van der Waals surface area contributed by atoms with Gasteiger partial charge in [-0.15, -0.1) is 11.6 Å². The number of alkyl halides is 1. The summed E-state index contributed by atoms with van der Waals surface area (Å²) in [6, 6.07) is 14.1. The topological polar surface area (TPSA) is 82.3 Å². The van der Waals surface area contributed by atoms with Gasteiger partial charge < -0.3 is 10.3 Å². The Morgan fingerprint density at radius 3 is 2.59 bits per heavy atom. The summed E-state index contributed by atoms with van der Waals surface area (Å²) in [5.41, 5.74) is 1.14. The number of nitrogens with one attached hydrogen (secondary N) is 2. The zero-order chi connectivity index (χ0) is 19.3. The maximum atomic E-state index is 13.2. The highest BCUT2D eigenvalue weighted by Gasteiger charge is 2.31. The zero-order valence-corrected chi connectivity index (χ0v) is 16.1. The van der Waals surface area contributed by atoms with Crippen LogP contribution in [0.3, 0.4) is 0 Å². The number of carbonyl (C=O) groups is 1. The summed E-state index contributed by atoms with van der Waals surface area (Å²) in [5, 5.41) is 3.49. The highest BCUT2D eigenvalue weighted by Crippen LogP contribution is 2.27. The van der Waals surface area contributed by atoms with Crippen molar-refractivity contribution in [1.82, 2.24) is 10.3 Å². The van der Waals surface area contributed by atoms with Gasteiger partial charge in [0.25, 0.3) is 10.0 Å². The molecule has 0 aliphatic heterocycles. The lowest BCUT2D eigenvalue weighted by Crippen LogP contribution is -2.44. The number of sulfonamides is 1. The molecule has 0 atom stereocenters. The van der Waals surface area contributed by atoms with E-state index in [4.69, 9.17) is 11.6 Å². The van der Waals surface area contributed by atoms with Crippen LogP contribution in [-0.2, 0) is 10.0 Å². The molecular formula is C19H20ClN3O3S. The number of amides is 2. The molecule has 0 unspecified atom stereocenters. The van der Waals surface area contributed by atoms with E-state index in [2.05, 4.69) is 10.3 Å². The lowest BCUT2D eigenvalue weighted by molar-refractivity contribution is 0.249. The molecule has 0 bridgehead atoms. The molecule has 2 N–H and O–H groups in total. The summed E-state index contributed by atoms with van der Waals surface area (Å²) in [4.78, 5) is 15.9. The van der Waals surface area contributed by atoms with Crippen molar-refractivity contribution < 1.29 is 13.2 Å². The van der Waals surface area contributed by atoms with E-state index < -0.39 is 16.1 Å². The molecule has 3 rings (SSSR count). The first-order valence-electron chi connectivity index (χ1n) is 8.55. The van der Waals surface area contributed by atoms with Crippen LogP contribution in [0, 0.1) is 0 Å². The minimum absolute atomic E-state index is 0.0510. The average molecular weight is 406 g/mol. The van der Waals surface area contributed by atoms with Crippen molar-refractivity contribution in [2.45, 2.75) is 17.7 Å². The largest absolute Gasteiger partial charge is 0.361 e. The van der Waals surface area contributed by atoms with Gasteiger partial charge in [0, 0.05) is 29.5 Å². The SMILES string of the molecule is O=C(NCCCCCl)N(c1ccc2[nH]ccc2c1)S(=O)(=O)c1ccccc1. The van der Waals surface area contributed by atoms with E-state index in [1.54, 1.807) is 42.6 Å². The molecule has 0 radical (unpaired) electrons. The number of anilines is 1. The Hall–Kier alpha value is -2.51. The lowest BCUT2D eigenvalue weighted by Gasteiger charge is -2.23. The maximum absolute atomic E-state index is 13.2. The van der Waals surface area contributed by atoms with Gasteiger partial charge in [-0.05, 0) is 49.2 Å². The molecule has 0 aliphatic rings. The number of carbonyl (C=O) groups excluding carboxylic acids is 1. The molecule has 27 heavy (non-hydrogen) atoms. The van der Waals surface area contributed by atoms with Gasteiger partial charge in [-0.25, -0.2) is 13.2 Å². The summed E-state index contributed by atoms with van der Waals surface area (Å²) < 4.78 is 27.2. The molecular weight excluding hydrogens is 386 g/mol. The number of hydrogen-bond acceptors (Lipinski definition) is 3. The first-order valence-corrected chi connectivity index (χ1v) is 10.5. The Morgan fingerprint density at radius 1 is 1.07 bits per heavy atom. The average Bonchev–Trinajstić information content (AvgIpc) is 3.14. The van der Waals surface area contributed by atoms with E-state index in [0.29, 0.717) is 18.8 Å². The minimum Gasteiger partial charge on any atom is -0.361 e. The van der Waals surface area contributed by atoms with Crippen LogP contribution in [-0.4, -0.2) is 31.9 Å². The summed E-state index contributed by atoms with van der Waals surface area (Å²) in [5.74, 6) is 0.492. The molecule has 3 aromatic rings. The second kappa shape index (κ2) is 8.45. The van der Waals surface area contributed by atoms with E-state index >= 15 is 0 Å². The number of fused-ring (bicyclic) bond motifs is 1. The number of halogens is 1. The van der Waals surface area contributed by atoms with Crippen molar-refractivity contribution >= 4 is 44.2 Å². The zero-order valence-electron chi connectivity index (χ0n) is 14.6. The van der Waals surface area contributed by atoms with Crippen LogP contribution in [0.15, 0.2) is 65.7 Å². The van der Waals surface area contributed by atoms with E-state index in [-0.39, 0.29) is 10.6 Å². The highest BCUT2D eigenvalue weighted by molar-refractivity contribution is 7.93. The summed E-state index contributed by atoms with van der Waals surface area (Å²) >= 11 is 5.65. The summed E-state index contributed by atoms with van der Waals surface area (Å²) in [7, 11) is -4.06. The molecule has 0 saturated carbocycles. The Balaban J connectivity index is 1.99. The second-order valence-corrected chi connectivity index (χ2v) is 8.12. The molecule has 6 nitrogen and oxygen atoms in total. The molecule has 8 heteroatoms. The third-order valence-corrected chi connectivity index (χ3v) is 6.07. The van der Waals surface area contributed by atoms with Crippen molar-refractivity contribution in [3.05, 3.63) is 60.8 Å². The van der Waals surface area contributed by atoms with E-state index in [1.807, 2.05) is 6.07 Å². The number of hydrogen-bond donors (Lipinski definition) is 2. The fourth-order valence-corrected chi connectivity index (χ4v) is 4.29. The number of rotatable bonds is 7. The van der Waals surface area contributed by atoms with Crippen LogP contribution in [0.4, 0.5) is 10.5 Å². The number of nitrogens with zero attached hydrogens (tertiary/aromatic N) is 1. The Morgan fingerprint density at radius 2 is 1.85 bits per heavy atom. The first kappa shape index (κ1) is 19.3. The van der Waals surface area contributed by atoms with Crippen molar-refractivity contribution in [2.24, 2.45) is 0 Å². The van der Waals surface area contributed by atoms with Crippen molar-refractivity contribution in [1.29, 1.82) is 0 Å². The quantitative estimate of drug-likeness (QED) is 0.458. The number of aromatic amines is 1. The fraction of sp³-hybridized carbons (Fsp3) is 0.211. The fourth-order valence-electron chi connectivity index (χ4n) is 2.72. The van der Waals surface area contributed by atoms with Crippen LogP contribution in [0.2, 0.25) is 0 Å². The van der Waals surface area contributed by atoms with Crippen molar-refractivity contribution in [3.8, 4) is 0 Å². The Bertz CT molecular complexity index is 1020. The Labute approximate surface area is 163 Å². The first-order chi connectivity index (χ1) is 13.0. The number of H-pyrrole nitrogens is 1. The van der Waals surface area contributed by atoms with Crippen molar-refractivity contribution in [3.63, 3.8) is 0 Å². The molecule has 2 amide bonds. The van der Waals surface area contributed by atoms with Crippen LogP contribution < -0.4 is 9.62 Å². The number of aromatic nitrogens is 1. The van der Waals surface area contributed by atoms with Gasteiger partial charge in [0.05, 0.1) is 10.6 Å². The third-order valence-electron chi connectivity index (χ3n) is 4.07. The van der Waals surface area contributed by atoms with Gasteiger partial charge in [-0.3, -0.25) is 0 Å². The molecule has 1 aromatic heterocycles. The predicted molar refractivity (Wildman–Crippen MR) is 108 cm³/mol. The molecule has 0 spiro atoms. The second-order valence-electron chi connectivity index (χ2n) is 5.96. The minimum atomic E-state index is -4.06. The number of urea groups is 1. The van der Waals surface area contributed by atoms with E-state index in [0.717, 1.165) is 21.6 Å². The van der Waals surface area contributed by atoms with Gasteiger partial charge in [0.2, 0.25) is 0 Å². The van der Waals surface area contributed by atoms with Crippen molar-refractivity contribution in [2.75, 3.05) is 16.7 Å². The molecule has 0 aliphatic carbocycles. The summed E-state index contributed by atoms with van der Waals surface area (Å²) in [6.45, 7) is 0.346. The normalized spacial score (nSPS) is 11.4. The molecule has 1 heterocycles. The molecule has 0 fully saturated rings. The summed E-state index contributed by atoms with van der Waals surface area (Å²) in [6.07, 6.45) is 3.17. The van der Waals surface area contributed by atoms with E-state index in [1.165, 1.54) is 12.1 Å². The lowest BCUT2D eigenvalue weighted by atomic mass is 10.2. The smallest absolute Gasteiger partial charge is 0.336 e. The van der Waals surface area contributed by atoms with Crippen LogP contribution >= 0.6 is 11.6 Å². The van der Waals surface area contributed by atoms with Gasteiger partial charge >= 0.3 is 6.03 Å². The highest BCUT2D eigenvalue weighted by atomic mass is 35.5. The third kappa shape index (κ3) is 4.26. The van der Waals surface area contributed by atoms with Crippen LogP contribution in [0.1, 0.15) is 12.8 Å². The standard InChI is InChI=1S/C19H20ClN3O3S/c20-11-4-5-12-22-19(24)23(27(25,26)17-6-2-1-3-7-17)16-8-9-18-15(14-16)10-13-21-18/h1-3,6-10,13-14,21H,4-5,11-12H2,(H,22,24). The number of benzene rings is 2. The van der Waals surface area contributed by atoms with Crippen LogP contribution in [0.25, 0.3) is 10.9 Å². The number of unbranched alkanes of at least 4 members (excludes halogenated alkanes) is 1. The van der Waals surface area contributed by atoms with Gasteiger partial charge in [0.15, 0.2) is 0 Å². The van der Waals surface area contributed by atoms with E-state index in [9.17, 15) is 13.2 Å². The van der Waals surface area contributed by atoms with Crippen LogP contribution in [0.5, 0.6) is 0 Å². The van der Waals surface area contributed by atoms with Gasteiger partial charge in [-0.1, -0.05) is 18.2 Å². The van der Waals surface area contributed by atoms with Gasteiger partial charge in [0.1, 0.15) is 0 Å². The maximum Gasteiger partial charge on any atom is 0.336 e. The molecule has 2 aromatic carbocycles. The Kier molecular flexibility index (Phi) is 6.03.